The first-order chi connectivity index (χ1) is 12.9. The summed E-state index contributed by atoms with van der Waals surface area (Å²) in [6, 6.07) is 7.85. The van der Waals surface area contributed by atoms with Gasteiger partial charge in [-0.2, -0.15) is 5.10 Å². The van der Waals surface area contributed by atoms with Crippen LogP contribution in [0.3, 0.4) is 0 Å². The van der Waals surface area contributed by atoms with E-state index in [0.29, 0.717) is 10.4 Å². The average Bonchev–Trinajstić information content (AvgIpc) is 2.64. The van der Waals surface area contributed by atoms with Gasteiger partial charge in [0.05, 0.1) is 15.4 Å². The molecule has 0 fully saturated rings. The van der Waals surface area contributed by atoms with E-state index in [1.54, 1.807) is 24.3 Å². The number of nitrogens with one attached hydrogen (secondary N) is 2. The SMILES string of the molecule is C[C@@H](OC(=O)c1n[nH]c(=O)c2ccccc12)C(=O)Nc1ncc(Cl)cc1Cl. The number of halogens is 2. The number of esters is 1. The van der Waals surface area contributed by atoms with Crippen LogP contribution in [-0.4, -0.2) is 33.2 Å². The highest BCUT2D eigenvalue weighted by atomic mass is 35.5. The second-order valence-electron chi connectivity index (χ2n) is 5.47. The van der Waals surface area contributed by atoms with Crippen molar-refractivity contribution in [3.05, 3.63) is 62.6 Å². The highest BCUT2D eigenvalue weighted by Crippen LogP contribution is 2.23. The Morgan fingerprint density at radius 2 is 1.93 bits per heavy atom. The number of nitrogens with zero attached hydrogens (tertiary/aromatic N) is 2. The molecule has 1 amide bonds. The minimum Gasteiger partial charge on any atom is -0.448 e. The minimum absolute atomic E-state index is 0.0848. The summed E-state index contributed by atoms with van der Waals surface area (Å²) in [4.78, 5) is 40.3. The normalized spacial score (nSPS) is 11.8. The highest BCUT2D eigenvalue weighted by molar-refractivity contribution is 6.36. The number of carbonyl (C=O) groups is 2. The number of hydrogen-bond acceptors (Lipinski definition) is 6. The molecule has 1 atom stereocenters. The predicted molar refractivity (Wildman–Crippen MR) is 100 cm³/mol. The van der Waals surface area contributed by atoms with Crippen molar-refractivity contribution in [2.45, 2.75) is 13.0 Å². The molecule has 27 heavy (non-hydrogen) atoms. The summed E-state index contributed by atoms with van der Waals surface area (Å²) >= 11 is 11.7. The quantitative estimate of drug-likeness (QED) is 0.643. The second kappa shape index (κ2) is 7.73. The van der Waals surface area contributed by atoms with Crippen molar-refractivity contribution < 1.29 is 14.3 Å². The van der Waals surface area contributed by atoms with Gasteiger partial charge >= 0.3 is 5.97 Å². The number of carbonyl (C=O) groups excluding carboxylic acids is 2. The number of hydrogen-bond donors (Lipinski definition) is 2. The van der Waals surface area contributed by atoms with Gasteiger partial charge in [0, 0.05) is 11.6 Å². The molecule has 2 N–H and O–H groups in total. The monoisotopic (exact) mass is 406 g/mol. The number of fused-ring (bicyclic) bond motifs is 1. The molecule has 0 bridgehead atoms. The van der Waals surface area contributed by atoms with Crippen LogP contribution in [0.1, 0.15) is 17.4 Å². The summed E-state index contributed by atoms with van der Waals surface area (Å²) in [5, 5.41) is 9.47. The zero-order valence-electron chi connectivity index (χ0n) is 13.8. The summed E-state index contributed by atoms with van der Waals surface area (Å²) < 4.78 is 5.15. The molecule has 138 valence electrons. The van der Waals surface area contributed by atoms with Gasteiger partial charge in [-0.05, 0) is 19.1 Å². The topological polar surface area (TPSA) is 114 Å². The van der Waals surface area contributed by atoms with Crippen LogP contribution < -0.4 is 10.9 Å². The van der Waals surface area contributed by atoms with Crippen LogP contribution in [0.2, 0.25) is 10.0 Å². The van der Waals surface area contributed by atoms with Crippen molar-refractivity contribution in [2.75, 3.05) is 5.32 Å². The van der Waals surface area contributed by atoms with Gasteiger partial charge in [-0.3, -0.25) is 9.59 Å². The molecular weight excluding hydrogens is 395 g/mol. The number of benzene rings is 1. The third-order valence-corrected chi connectivity index (χ3v) is 4.09. The van der Waals surface area contributed by atoms with Crippen LogP contribution in [0.25, 0.3) is 10.8 Å². The summed E-state index contributed by atoms with van der Waals surface area (Å²) in [5.74, 6) is -1.42. The third-order valence-electron chi connectivity index (χ3n) is 3.59. The molecule has 0 unspecified atom stereocenters. The maximum atomic E-state index is 12.4. The molecule has 10 heteroatoms. The van der Waals surface area contributed by atoms with E-state index < -0.39 is 23.5 Å². The molecular formula is C17H12Cl2N4O4. The number of anilines is 1. The van der Waals surface area contributed by atoms with E-state index in [-0.39, 0.29) is 21.9 Å². The lowest BCUT2D eigenvalue weighted by Gasteiger charge is -2.14. The van der Waals surface area contributed by atoms with Crippen LogP contribution in [0.15, 0.2) is 41.3 Å². The van der Waals surface area contributed by atoms with Crippen molar-refractivity contribution in [1.29, 1.82) is 0 Å². The van der Waals surface area contributed by atoms with Crippen LogP contribution in [0, 0.1) is 0 Å². The number of aromatic nitrogens is 3. The molecule has 3 rings (SSSR count). The molecule has 1 aromatic carbocycles. The Labute approximate surface area is 162 Å². The first kappa shape index (κ1) is 18.8. The maximum Gasteiger partial charge on any atom is 0.360 e. The lowest BCUT2D eigenvalue weighted by atomic mass is 10.1. The summed E-state index contributed by atoms with van der Waals surface area (Å²) in [5.41, 5.74) is -0.538. The number of aromatic amines is 1. The fourth-order valence-corrected chi connectivity index (χ4v) is 2.69. The number of H-pyrrole nitrogens is 1. The van der Waals surface area contributed by atoms with E-state index in [1.807, 2.05) is 0 Å². The largest absolute Gasteiger partial charge is 0.448 e. The van der Waals surface area contributed by atoms with E-state index >= 15 is 0 Å². The van der Waals surface area contributed by atoms with E-state index in [0.717, 1.165) is 0 Å². The number of rotatable bonds is 4. The highest BCUT2D eigenvalue weighted by Gasteiger charge is 2.23. The van der Waals surface area contributed by atoms with E-state index in [4.69, 9.17) is 27.9 Å². The van der Waals surface area contributed by atoms with E-state index in [2.05, 4.69) is 20.5 Å². The van der Waals surface area contributed by atoms with E-state index in [1.165, 1.54) is 19.2 Å². The van der Waals surface area contributed by atoms with Crippen molar-refractivity contribution in [3.63, 3.8) is 0 Å². The predicted octanol–water partition coefficient (Wildman–Crippen LogP) is 2.81. The Bertz CT molecular complexity index is 1100. The van der Waals surface area contributed by atoms with Gasteiger partial charge < -0.3 is 10.1 Å². The Balaban J connectivity index is 1.77. The van der Waals surface area contributed by atoms with Crippen LogP contribution in [0.5, 0.6) is 0 Å². The lowest BCUT2D eigenvalue weighted by molar-refractivity contribution is -0.123. The molecule has 2 heterocycles. The molecule has 0 saturated carbocycles. The molecule has 0 spiro atoms. The van der Waals surface area contributed by atoms with Gasteiger partial charge in [-0.1, -0.05) is 41.4 Å². The van der Waals surface area contributed by atoms with Gasteiger partial charge in [0.25, 0.3) is 11.5 Å². The smallest absolute Gasteiger partial charge is 0.360 e. The molecule has 3 aromatic rings. The first-order valence-corrected chi connectivity index (χ1v) is 8.42. The maximum absolute atomic E-state index is 12.4. The summed E-state index contributed by atoms with van der Waals surface area (Å²) in [7, 11) is 0. The zero-order chi connectivity index (χ0) is 19.6. The van der Waals surface area contributed by atoms with Crippen LogP contribution in [0.4, 0.5) is 5.82 Å². The standard InChI is InChI=1S/C17H12Cl2N4O4/c1-8(15(24)21-14-12(19)6-9(18)7-20-14)27-17(26)13-10-4-2-3-5-11(10)16(25)23-22-13/h2-8H,1H3,(H,23,25)(H,20,21,24)/t8-/m1/s1. The minimum atomic E-state index is -1.17. The summed E-state index contributed by atoms with van der Waals surface area (Å²) in [6.07, 6.45) is 0.148. The molecule has 0 aliphatic carbocycles. The van der Waals surface area contributed by atoms with E-state index in [9.17, 15) is 14.4 Å². The molecule has 0 aliphatic rings. The summed E-state index contributed by atoms with van der Waals surface area (Å²) in [6.45, 7) is 1.38. The molecule has 0 saturated heterocycles. The van der Waals surface area contributed by atoms with Crippen molar-refractivity contribution >= 4 is 51.7 Å². The molecule has 8 nitrogen and oxygen atoms in total. The Kier molecular flexibility index (Phi) is 5.38. The Hall–Kier alpha value is -2.97. The number of pyridine rings is 1. The van der Waals surface area contributed by atoms with Crippen LogP contribution in [-0.2, 0) is 9.53 Å². The van der Waals surface area contributed by atoms with Crippen LogP contribution >= 0.6 is 23.2 Å². The van der Waals surface area contributed by atoms with Crippen molar-refractivity contribution in [2.24, 2.45) is 0 Å². The van der Waals surface area contributed by atoms with Gasteiger partial charge in [0.2, 0.25) is 0 Å². The van der Waals surface area contributed by atoms with Gasteiger partial charge in [-0.15, -0.1) is 0 Å². The van der Waals surface area contributed by atoms with Crippen molar-refractivity contribution in [3.8, 4) is 0 Å². The molecule has 0 radical (unpaired) electrons. The number of amides is 1. The zero-order valence-corrected chi connectivity index (χ0v) is 15.3. The van der Waals surface area contributed by atoms with Gasteiger partial charge in [0.15, 0.2) is 17.6 Å². The number of ether oxygens (including phenoxy) is 1. The van der Waals surface area contributed by atoms with Crippen molar-refractivity contribution in [1.82, 2.24) is 15.2 Å². The average molecular weight is 407 g/mol. The lowest BCUT2D eigenvalue weighted by Crippen LogP contribution is -2.31. The Morgan fingerprint density at radius 1 is 1.22 bits per heavy atom. The fraction of sp³-hybridized carbons (Fsp3) is 0.118. The third kappa shape index (κ3) is 4.07. The Morgan fingerprint density at radius 3 is 2.63 bits per heavy atom. The van der Waals surface area contributed by atoms with Gasteiger partial charge in [0.1, 0.15) is 0 Å². The molecule has 2 aromatic heterocycles. The first-order valence-electron chi connectivity index (χ1n) is 7.67. The second-order valence-corrected chi connectivity index (χ2v) is 6.31. The van der Waals surface area contributed by atoms with Gasteiger partial charge in [-0.25, -0.2) is 14.9 Å². The molecule has 0 aliphatic heterocycles. The fourth-order valence-electron chi connectivity index (χ4n) is 2.27.